The molecule has 0 spiro atoms. The van der Waals surface area contributed by atoms with E-state index in [9.17, 15) is 0 Å². The molecule has 208 valence electrons. The molecule has 0 amide bonds. The second-order valence-electron chi connectivity index (χ2n) is 10.7. The Labute approximate surface area is 259 Å². The van der Waals surface area contributed by atoms with Crippen molar-refractivity contribution in [1.82, 2.24) is 19.5 Å². The van der Waals surface area contributed by atoms with Crippen molar-refractivity contribution in [2.45, 2.75) is 0 Å². The van der Waals surface area contributed by atoms with Gasteiger partial charge in [0.15, 0.2) is 0 Å². The van der Waals surface area contributed by atoms with E-state index in [1.165, 1.54) is 5.39 Å². The zero-order chi connectivity index (χ0) is 29.5. The van der Waals surface area contributed by atoms with Gasteiger partial charge in [0, 0.05) is 51.2 Å². The Morgan fingerprint density at radius 2 is 1.25 bits per heavy atom. The fourth-order valence-electron chi connectivity index (χ4n) is 5.91. The van der Waals surface area contributed by atoms with Gasteiger partial charge in [-0.1, -0.05) is 90.5 Å². The van der Waals surface area contributed by atoms with Crippen LogP contribution in [0.1, 0.15) is 0 Å². The summed E-state index contributed by atoms with van der Waals surface area (Å²) in [4.78, 5) is 14.0. The minimum Gasteiger partial charge on any atom is -0.309 e. The third-order valence-corrected chi connectivity index (χ3v) is 8.35. The van der Waals surface area contributed by atoms with Crippen LogP contribution in [0.25, 0.3) is 72.4 Å². The topological polar surface area (TPSA) is 43.6 Å². The molecule has 5 heteroatoms. The van der Waals surface area contributed by atoms with Crippen molar-refractivity contribution in [3.05, 3.63) is 157 Å². The van der Waals surface area contributed by atoms with Crippen molar-refractivity contribution in [1.29, 1.82) is 0 Å². The van der Waals surface area contributed by atoms with Crippen molar-refractivity contribution in [2.24, 2.45) is 0 Å². The standard InChI is InChI=1S/C39H25ClN4/c40-34-22-28(15-18-31(34)27-8-2-1-3-9-27)36-23-29(24-37(43-36)35-11-6-7-20-42-35)26-13-16-30(17-14-26)44-38-12-5-4-10-32(38)33-25-41-21-19-39(33)44/h1-25H. The molecule has 4 nitrogen and oxygen atoms in total. The van der Waals surface area contributed by atoms with Crippen molar-refractivity contribution in [3.63, 3.8) is 0 Å². The monoisotopic (exact) mass is 584 g/mol. The second-order valence-corrected chi connectivity index (χ2v) is 11.1. The normalized spacial score (nSPS) is 11.3. The Morgan fingerprint density at radius 3 is 2.07 bits per heavy atom. The number of aromatic nitrogens is 4. The highest BCUT2D eigenvalue weighted by Crippen LogP contribution is 2.36. The van der Waals surface area contributed by atoms with Crippen molar-refractivity contribution in [3.8, 4) is 50.6 Å². The van der Waals surface area contributed by atoms with Crippen molar-refractivity contribution >= 4 is 33.4 Å². The van der Waals surface area contributed by atoms with E-state index >= 15 is 0 Å². The summed E-state index contributed by atoms with van der Waals surface area (Å²) in [6.45, 7) is 0. The maximum atomic E-state index is 6.83. The highest BCUT2D eigenvalue weighted by molar-refractivity contribution is 6.33. The SMILES string of the molecule is Clc1cc(-c2cc(-c3ccc(-n4c5ccccc5c5cnccc54)cc3)cc(-c3ccccn3)n2)ccc1-c1ccccc1. The Hall–Kier alpha value is -5.58. The molecule has 8 rings (SSSR count). The number of halogens is 1. The molecule has 0 radical (unpaired) electrons. The second kappa shape index (κ2) is 10.9. The lowest BCUT2D eigenvalue weighted by atomic mass is 9.99. The average molecular weight is 585 g/mol. The summed E-state index contributed by atoms with van der Waals surface area (Å²) >= 11 is 6.83. The lowest BCUT2D eigenvalue weighted by Crippen LogP contribution is -1.95. The number of hydrogen-bond acceptors (Lipinski definition) is 3. The number of benzene rings is 4. The molecule has 0 saturated heterocycles. The summed E-state index contributed by atoms with van der Waals surface area (Å²) in [7, 11) is 0. The number of nitrogens with zero attached hydrogens (tertiary/aromatic N) is 4. The minimum atomic E-state index is 0.686. The van der Waals surface area contributed by atoms with Crippen LogP contribution in [0.5, 0.6) is 0 Å². The van der Waals surface area contributed by atoms with Crippen LogP contribution >= 0.6 is 11.6 Å². The van der Waals surface area contributed by atoms with Gasteiger partial charge in [0.25, 0.3) is 0 Å². The molecule has 0 atom stereocenters. The summed E-state index contributed by atoms with van der Waals surface area (Å²) in [6.07, 6.45) is 5.59. The predicted molar refractivity (Wildman–Crippen MR) is 181 cm³/mol. The quantitative estimate of drug-likeness (QED) is 0.202. The van der Waals surface area contributed by atoms with Gasteiger partial charge in [-0.15, -0.1) is 0 Å². The first-order valence-electron chi connectivity index (χ1n) is 14.5. The van der Waals surface area contributed by atoms with Gasteiger partial charge in [-0.2, -0.15) is 0 Å². The molecular weight excluding hydrogens is 560 g/mol. The van der Waals surface area contributed by atoms with Crippen LogP contribution in [-0.4, -0.2) is 19.5 Å². The van der Waals surface area contributed by atoms with Crippen LogP contribution in [0.3, 0.4) is 0 Å². The maximum Gasteiger partial charge on any atom is 0.0899 e. The van der Waals surface area contributed by atoms with E-state index in [1.54, 1.807) is 6.20 Å². The Balaban J connectivity index is 1.23. The molecule has 0 aliphatic heterocycles. The largest absolute Gasteiger partial charge is 0.309 e. The van der Waals surface area contributed by atoms with Crippen molar-refractivity contribution < 1.29 is 0 Å². The predicted octanol–water partition coefficient (Wildman–Crippen LogP) is 10.3. The van der Waals surface area contributed by atoms with E-state index in [0.717, 1.165) is 67.0 Å². The molecule has 4 aromatic carbocycles. The van der Waals surface area contributed by atoms with Crippen LogP contribution in [0.4, 0.5) is 0 Å². The summed E-state index contributed by atoms with van der Waals surface area (Å²) in [6, 6.07) is 45.7. The lowest BCUT2D eigenvalue weighted by molar-refractivity contribution is 1.17. The highest BCUT2D eigenvalue weighted by Gasteiger charge is 2.14. The van der Waals surface area contributed by atoms with Gasteiger partial charge in [0.05, 0.1) is 28.1 Å². The maximum absolute atomic E-state index is 6.83. The van der Waals surface area contributed by atoms with E-state index < -0.39 is 0 Å². The molecule has 0 saturated carbocycles. The van der Waals surface area contributed by atoms with Crippen LogP contribution in [-0.2, 0) is 0 Å². The van der Waals surface area contributed by atoms with Gasteiger partial charge < -0.3 is 4.57 Å². The third kappa shape index (κ3) is 4.62. The molecule has 8 aromatic rings. The van der Waals surface area contributed by atoms with E-state index in [0.29, 0.717) is 5.02 Å². The van der Waals surface area contributed by atoms with Gasteiger partial charge in [0.2, 0.25) is 0 Å². The molecule has 4 aromatic heterocycles. The van der Waals surface area contributed by atoms with Gasteiger partial charge >= 0.3 is 0 Å². The summed E-state index contributed by atoms with van der Waals surface area (Å²) < 4.78 is 2.30. The first-order valence-corrected chi connectivity index (χ1v) is 14.8. The molecule has 0 aliphatic carbocycles. The lowest BCUT2D eigenvalue weighted by Gasteiger charge is -2.13. The zero-order valence-electron chi connectivity index (χ0n) is 23.6. The molecule has 4 heterocycles. The first kappa shape index (κ1) is 26.1. The fraction of sp³-hybridized carbons (Fsp3) is 0. The summed E-state index contributed by atoms with van der Waals surface area (Å²) in [5.74, 6) is 0. The van der Waals surface area contributed by atoms with E-state index in [2.05, 4.69) is 106 Å². The molecular formula is C39H25ClN4. The third-order valence-electron chi connectivity index (χ3n) is 8.04. The summed E-state index contributed by atoms with van der Waals surface area (Å²) in [5.41, 5.74) is 11.0. The van der Waals surface area contributed by atoms with Crippen LogP contribution in [0, 0.1) is 0 Å². The van der Waals surface area contributed by atoms with Gasteiger partial charge in [-0.05, 0) is 71.3 Å². The molecule has 0 N–H and O–H groups in total. The number of para-hydroxylation sites is 1. The number of fused-ring (bicyclic) bond motifs is 3. The molecule has 0 unspecified atom stereocenters. The van der Waals surface area contributed by atoms with E-state index in [1.807, 2.05) is 54.9 Å². The smallest absolute Gasteiger partial charge is 0.0899 e. The molecule has 44 heavy (non-hydrogen) atoms. The number of pyridine rings is 3. The van der Waals surface area contributed by atoms with Crippen LogP contribution < -0.4 is 0 Å². The highest BCUT2D eigenvalue weighted by atomic mass is 35.5. The fourth-order valence-corrected chi connectivity index (χ4v) is 6.20. The van der Waals surface area contributed by atoms with E-state index in [4.69, 9.17) is 16.6 Å². The van der Waals surface area contributed by atoms with Crippen LogP contribution in [0.2, 0.25) is 5.02 Å². The van der Waals surface area contributed by atoms with E-state index in [-0.39, 0.29) is 0 Å². The zero-order valence-corrected chi connectivity index (χ0v) is 24.4. The van der Waals surface area contributed by atoms with Crippen molar-refractivity contribution in [2.75, 3.05) is 0 Å². The first-order chi connectivity index (χ1) is 21.7. The average Bonchev–Trinajstić information content (AvgIpc) is 3.43. The van der Waals surface area contributed by atoms with Gasteiger partial charge in [-0.25, -0.2) is 4.98 Å². The Bertz CT molecular complexity index is 2220. The Kier molecular flexibility index (Phi) is 6.47. The van der Waals surface area contributed by atoms with Gasteiger partial charge in [-0.3, -0.25) is 9.97 Å². The van der Waals surface area contributed by atoms with Gasteiger partial charge in [0.1, 0.15) is 0 Å². The summed E-state index contributed by atoms with van der Waals surface area (Å²) in [5, 5.41) is 3.02. The Morgan fingerprint density at radius 1 is 0.500 bits per heavy atom. The van der Waals surface area contributed by atoms with Crippen LogP contribution in [0.15, 0.2) is 152 Å². The molecule has 0 bridgehead atoms. The molecule has 0 fully saturated rings. The number of rotatable bonds is 5. The number of hydrogen-bond donors (Lipinski definition) is 0. The molecule has 0 aliphatic rings. The minimum absolute atomic E-state index is 0.686.